The highest BCUT2D eigenvalue weighted by atomic mass is 32.2. The molecule has 1 aliphatic carbocycles. The zero-order chi connectivity index (χ0) is 38.6. The lowest BCUT2D eigenvalue weighted by atomic mass is 9.85. The van der Waals surface area contributed by atoms with Crippen molar-refractivity contribution in [3.8, 4) is 0 Å². The number of methoxy groups -OCH3 is 4. The Bertz CT molecular complexity index is 1510. The number of aliphatic hydroxyl groups excluding tert-OH is 1. The van der Waals surface area contributed by atoms with Gasteiger partial charge in [-0.15, -0.1) is 11.8 Å². The van der Waals surface area contributed by atoms with Crippen LogP contribution in [0.25, 0.3) is 0 Å². The van der Waals surface area contributed by atoms with Crippen molar-refractivity contribution in [3.63, 3.8) is 0 Å². The van der Waals surface area contributed by atoms with Crippen molar-refractivity contribution < 1.29 is 57.6 Å². The molecule has 5 N–H and O–H groups in total. The number of Topliss-reactive ketones (excluding diaryl/α,β-unsaturated/α-hetero) is 2. The summed E-state index contributed by atoms with van der Waals surface area (Å²) in [4.78, 5) is 77.4. The van der Waals surface area contributed by atoms with Gasteiger partial charge < -0.3 is 45.2 Å². The standard InChI is InChI=1S/C35H49N3O12S/c1-17-13-22-28(41)26(32(29(42)31(22)48-8)51-16-23(34(44)49-9)37-21(5)39)38-33(43)18(2)11-10-12-24(46-6)30(50-35(36)45)20(4)15-19(3)27(40)25(14-17)47-7/h10-12,15,17,19,23-25,27,30,40H,13-14,16H2,1-9H3,(H2,36,45)(H,37,39)(H,38,43)/b12-10-,18-11+,20-15+/t17-,19+,23+,24+,25+,27-,30+/m1/s1. The molecule has 16 heteroatoms. The molecule has 7 atom stereocenters. The molecule has 0 aromatic carbocycles. The molecule has 51 heavy (non-hydrogen) atoms. The molecule has 2 rings (SSSR count). The van der Waals surface area contributed by atoms with Crippen molar-refractivity contribution in [2.45, 2.75) is 77.9 Å². The van der Waals surface area contributed by atoms with Crippen LogP contribution in [0.15, 0.2) is 57.4 Å². The second kappa shape index (κ2) is 20.0. The van der Waals surface area contributed by atoms with Crippen LogP contribution in [-0.4, -0.2) is 105 Å². The first-order valence-corrected chi connectivity index (χ1v) is 17.1. The molecule has 0 radical (unpaired) electrons. The van der Waals surface area contributed by atoms with Gasteiger partial charge >= 0.3 is 12.1 Å². The largest absolute Gasteiger partial charge is 0.492 e. The molecule has 2 aliphatic rings. The molecule has 0 aromatic heterocycles. The van der Waals surface area contributed by atoms with E-state index in [1.807, 2.05) is 6.92 Å². The van der Waals surface area contributed by atoms with E-state index in [9.17, 15) is 33.9 Å². The van der Waals surface area contributed by atoms with Crippen LogP contribution in [-0.2, 0) is 47.7 Å². The smallest absolute Gasteiger partial charge is 0.405 e. The van der Waals surface area contributed by atoms with Gasteiger partial charge in [0.15, 0.2) is 11.9 Å². The fourth-order valence-electron chi connectivity index (χ4n) is 5.68. The van der Waals surface area contributed by atoms with E-state index in [0.717, 1.165) is 18.9 Å². The highest BCUT2D eigenvalue weighted by Crippen LogP contribution is 2.36. The highest BCUT2D eigenvalue weighted by molar-refractivity contribution is 8.04. The molecule has 0 saturated heterocycles. The van der Waals surface area contributed by atoms with Gasteiger partial charge in [-0.05, 0) is 38.2 Å². The van der Waals surface area contributed by atoms with Gasteiger partial charge in [0.05, 0.1) is 31.3 Å². The predicted octanol–water partition coefficient (Wildman–Crippen LogP) is 2.15. The van der Waals surface area contributed by atoms with Gasteiger partial charge in [-0.3, -0.25) is 19.2 Å². The summed E-state index contributed by atoms with van der Waals surface area (Å²) in [6.45, 7) is 7.96. The number of carbonyl (C=O) groups is 6. The van der Waals surface area contributed by atoms with E-state index in [4.69, 9.17) is 29.4 Å². The van der Waals surface area contributed by atoms with E-state index < -0.39 is 71.8 Å². The van der Waals surface area contributed by atoms with Gasteiger partial charge in [0, 0.05) is 44.0 Å². The summed E-state index contributed by atoms with van der Waals surface area (Å²) in [6.07, 6.45) is 1.76. The Labute approximate surface area is 302 Å². The van der Waals surface area contributed by atoms with Crippen LogP contribution in [0.4, 0.5) is 4.79 Å². The molecule has 1 heterocycles. The van der Waals surface area contributed by atoms with Crippen molar-refractivity contribution in [2.24, 2.45) is 17.6 Å². The molecule has 0 unspecified atom stereocenters. The minimum absolute atomic E-state index is 0.00276. The fraction of sp³-hybridized carbons (Fsp3) is 0.543. The number of ether oxygens (including phenoxy) is 5. The average molecular weight is 736 g/mol. The third-order valence-corrected chi connectivity index (χ3v) is 9.50. The van der Waals surface area contributed by atoms with Gasteiger partial charge in [-0.25, -0.2) is 9.59 Å². The summed E-state index contributed by atoms with van der Waals surface area (Å²) in [5.74, 6) is -4.75. The van der Waals surface area contributed by atoms with Crippen molar-refractivity contribution in [1.82, 2.24) is 10.6 Å². The summed E-state index contributed by atoms with van der Waals surface area (Å²) in [7, 11) is 5.22. The maximum Gasteiger partial charge on any atom is 0.405 e. The number of esters is 1. The Morgan fingerprint density at radius 2 is 1.75 bits per heavy atom. The number of amides is 3. The molecule has 0 spiro atoms. The molecule has 2 bridgehead atoms. The Kier molecular flexibility index (Phi) is 16.8. The first-order valence-electron chi connectivity index (χ1n) is 16.1. The van der Waals surface area contributed by atoms with Crippen LogP contribution in [0.5, 0.6) is 0 Å². The number of rotatable bonds is 9. The Morgan fingerprint density at radius 1 is 1.08 bits per heavy atom. The van der Waals surface area contributed by atoms with E-state index in [2.05, 4.69) is 10.6 Å². The van der Waals surface area contributed by atoms with Gasteiger partial charge in [0.25, 0.3) is 5.91 Å². The summed E-state index contributed by atoms with van der Waals surface area (Å²) < 4.78 is 26.9. The van der Waals surface area contributed by atoms with Gasteiger partial charge in [0.1, 0.15) is 17.8 Å². The number of carbonyl (C=O) groups excluding carboxylic acids is 6. The van der Waals surface area contributed by atoms with Crippen molar-refractivity contribution in [2.75, 3.05) is 34.2 Å². The second-order valence-corrected chi connectivity index (χ2v) is 13.3. The lowest BCUT2D eigenvalue weighted by Gasteiger charge is -2.30. The first kappa shape index (κ1) is 42.9. The fourth-order valence-corrected chi connectivity index (χ4v) is 6.75. The maximum absolute atomic E-state index is 14.2. The third-order valence-electron chi connectivity index (χ3n) is 8.32. The highest BCUT2D eigenvalue weighted by Gasteiger charge is 2.39. The monoisotopic (exact) mass is 735 g/mol. The minimum Gasteiger partial charge on any atom is -0.492 e. The number of fused-ring (bicyclic) bond motifs is 2. The molecule has 3 amide bonds. The number of aliphatic hydroxyl groups is 1. The Hall–Kier alpha value is -4.25. The molecule has 0 aromatic rings. The second-order valence-electron chi connectivity index (χ2n) is 12.3. The molecule has 1 aliphatic heterocycles. The molecular weight excluding hydrogens is 686 g/mol. The minimum atomic E-state index is -1.18. The molecular formula is C35H49N3O12S. The zero-order valence-electron chi connectivity index (χ0n) is 30.4. The summed E-state index contributed by atoms with van der Waals surface area (Å²) in [5, 5.41) is 16.4. The van der Waals surface area contributed by atoms with Crippen LogP contribution in [0.1, 0.15) is 47.5 Å². The quantitative estimate of drug-likeness (QED) is 0.152. The first-order chi connectivity index (χ1) is 24.0. The molecule has 0 fully saturated rings. The molecule has 0 saturated carbocycles. The number of hydrogen-bond acceptors (Lipinski definition) is 13. The van der Waals surface area contributed by atoms with Crippen LogP contribution in [0, 0.1) is 11.8 Å². The van der Waals surface area contributed by atoms with Gasteiger partial charge in [-0.1, -0.05) is 38.2 Å². The van der Waals surface area contributed by atoms with E-state index in [-0.39, 0.29) is 52.0 Å². The van der Waals surface area contributed by atoms with Gasteiger partial charge in [-0.2, -0.15) is 0 Å². The number of primary amides is 1. The number of nitrogens with one attached hydrogen (secondary N) is 2. The predicted molar refractivity (Wildman–Crippen MR) is 188 cm³/mol. The van der Waals surface area contributed by atoms with Crippen molar-refractivity contribution in [1.29, 1.82) is 0 Å². The SMILES string of the molecule is COC(=O)[C@H](CSC1=C2NC(=O)/C(C)=C/C=C\[C@H](OC)[C@@H](OC(N)=O)/C(C)=C/[C@H](C)[C@@H](O)[C@@H](OC)C[C@H](C)CC(=C(OC)C1=O)C2=O)NC(C)=O. The van der Waals surface area contributed by atoms with E-state index in [0.29, 0.717) is 5.57 Å². The number of allylic oxidation sites excluding steroid dienone is 4. The van der Waals surface area contributed by atoms with Gasteiger partial charge in [0.2, 0.25) is 17.5 Å². The number of ketones is 2. The van der Waals surface area contributed by atoms with Crippen LogP contribution in [0.3, 0.4) is 0 Å². The van der Waals surface area contributed by atoms with Crippen LogP contribution in [0.2, 0.25) is 0 Å². The number of hydrogen-bond donors (Lipinski definition) is 4. The summed E-state index contributed by atoms with van der Waals surface area (Å²) in [6, 6.07) is -1.18. The van der Waals surface area contributed by atoms with E-state index in [1.165, 1.54) is 53.4 Å². The van der Waals surface area contributed by atoms with Crippen LogP contribution >= 0.6 is 11.8 Å². The topological polar surface area (TPSA) is 219 Å². The number of thioether (sulfide) groups is 1. The average Bonchev–Trinajstić information content (AvgIpc) is 3.07. The zero-order valence-corrected chi connectivity index (χ0v) is 31.2. The van der Waals surface area contributed by atoms with E-state index in [1.54, 1.807) is 19.9 Å². The maximum atomic E-state index is 14.2. The Balaban J connectivity index is 2.75. The molecule has 282 valence electrons. The van der Waals surface area contributed by atoms with Crippen LogP contribution < -0.4 is 16.4 Å². The van der Waals surface area contributed by atoms with Crippen molar-refractivity contribution >= 4 is 47.2 Å². The summed E-state index contributed by atoms with van der Waals surface area (Å²) in [5.41, 5.74) is 5.70. The lowest BCUT2D eigenvalue weighted by Crippen LogP contribution is -2.42. The van der Waals surface area contributed by atoms with Crippen molar-refractivity contribution in [3.05, 3.63) is 57.4 Å². The Morgan fingerprint density at radius 3 is 2.29 bits per heavy atom. The normalized spacial score (nSPS) is 28.8. The van der Waals surface area contributed by atoms with E-state index >= 15 is 0 Å². The molecule has 15 nitrogen and oxygen atoms in total. The third kappa shape index (κ3) is 11.6. The summed E-state index contributed by atoms with van der Waals surface area (Å²) >= 11 is 0.770. The number of nitrogens with two attached hydrogens (primary N) is 1. The lowest BCUT2D eigenvalue weighted by molar-refractivity contribution is -0.144.